The van der Waals surface area contributed by atoms with Gasteiger partial charge in [-0.15, -0.1) is 0 Å². The maximum atomic E-state index is 12.8. The van der Waals surface area contributed by atoms with E-state index in [4.69, 9.17) is 23.4 Å². The minimum atomic E-state index is -0.209. The first-order valence-electron chi connectivity index (χ1n) is 7.69. The van der Waals surface area contributed by atoms with Crippen LogP contribution in [0.15, 0.2) is 39.5 Å². The van der Waals surface area contributed by atoms with Crippen LogP contribution < -0.4 is 24.4 Å². The van der Waals surface area contributed by atoms with Crippen molar-refractivity contribution >= 4 is 11.0 Å². The summed E-state index contributed by atoms with van der Waals surface area (Å²) in [4.78, 5) is 12.8. The number of rotatable bonds is 3. The van der Waals surface area contributed by atoms with Gasteiger partial charge in [0.1, 0.15) is 17.9 Å². The minimum Gasteiger partial charge on any atom is -0.497 e. The van der Waals surface area contributed by atoms with Gasteiger partial charge in [-0.25, -0.2) is 0 Å². The van der Waals surface area contributed by atoms with Crippen LogP contribution >= 0.6 is 0 Å². The smallest absolute Gasteiger partial charge is 0.235 e. The van der Waals surface area contributed by atoms with Gasteiger partial charge in [0.25, 0.3) is 0 Å². The highest BCUT2D eigenvalue weighted by molar-refractivity contribution is 5.84. The summed E-state index contributed by atoms with van der Waals surface area (Å²) in [6.45, 7) is 0.259. The van der Waals surface area contributed by atoms with Crippen molar-refractivity contribution in [2.24, 2.45) is 0 Å². The monoisotopic (exact) mass is 340 g/mol. The highest BCUT2D eigenvalue weighted by Crippen LogP contribution is 2.42. The van der Waals surface area contributed by atoms with E-state index in [1.807, 2.05) is 6.07 Å². The zero-order valence-corrected chi connectivity index (χ0v) is 14.0. The number of ether oxygens (including phenoxy) is 4. The first kappa shape index (κ1) is 15.4. The second kappa shape index (κ2) is 5.73. The summed E-state index contributed by atoms with van der Waals surface area (Å²) >= 11 is 0. The van der Waals surface area contributed by atoms with Gasteiger partial charge < -0.3 is 23.4 Å². The summed E-state index contributed by atoms with van der Waals surface area (Å²) in [6, 6.07) is 8.70. The van der Waals surface area contributed by atoms with Crippen LogP contribution in [0, 0.1) is 0 Å². The van der Waals surface area contributed by atoms with Gasteiger partial charge in [0.15, 0.2) is 17.3 Å². The van der Waals surface area contributed by atoms with E-state index in [2.05, 4.69) is 0 Å². The second-order valence-corrected chi connectivity index (χ2v) is 5.60. The highest BCUT2D eigenvalue weighted by atomic mass is 16.5. The van der Waals surface area contributed by atoms with Crippen molar-refractivity contribution in [1.29, 1.82) is 0 Å². The lowest BCUT2D eigenvalue weighted by Gasteiger charge is -2.21. The molecule has 0 saturated heterocycles. The third-order valence-corrected chi connectivity index (χ3v) is 4.28. The van der Waals surface area contributed by atoms with Crippen molar-refractivity contribution in [3.8, 4) is 34.3 Å². The second-order valence-electron chi connectivity index (χ2n) is 5.60. The fourth-order valence-electron chi connectivity index (χ4n) is 2.99. The van der Waals surface area contributed by atoms with Gasteiger partial charge in [0, 0.05) is 17.2 Å². The van der Waals surface area contributed by atoms with Crippen LogP contribution in [0.3, 0.4) is 0 Å². The van der Waals surface area contributed by atoms with Crippen molar-refractivity contribution in [2.75, 3.05) is 21.3 Å². The zero-order valence-electron chi connectivity index (χ0n) is 14.0. The van der Waals surface area contributed by atoms with Gasteiger partial charge in [0.2, 0.25) is 11.2 Å². The molecule has 6 nitrogen and oxygen atoms in total. The Hall–Kier alpha value is -3.15. The fraction of sp³-hybridized carbons (Fsp3) is 0.211. The van der Waals surface area contributed by atoms with E-state index < -0.39 is 0 Å². The number of fused-ring (bicyclic) bond motifs is 4. The minimum absolute atomic E-state index is 0.206. The molecule has 0 spiro atoms. The maximum Gasteiger partial charge on any atom is 0.235 e. The molecular weight excluding hydrogens is 324 g/mol. The molecule has 2 heterocycles. The summed E-state index contributed by atoms with van der Waals surface area (Å²) in [7, 11) is 4.70. The summed E-state index contributed by atoms with van der Waals surface area (Å²) in [6.07, 6.45) is 0. The maximum absolute atomic E-state index is 12.8. The molecule has 128 valence electrons. The van der Waals surface area contributed by atoms with Crippen LogP contribution in [0.25, 0.3) is 22.3 Å². The van der Waals surface area contributed by atoms with Crippen LogP contribution in [0.4, 0.5) is 0 Å². The Morgan fingerprint density at radius 1 is 0.960 bits per heavy atom. The summed E-state index contributed by atoms with van der Waals surface area (Å²) in [5.74, 6) is 2.35. The molecule has 0 radical (unpaired) electrons. The number of benzene rings is 2. The topological polar surface area (TPSA) is 67.1 Å². The lowest BCUT2D eigenvalue weighted by Crippen LogP contribution is -2.15. The number of methoxy groups -OCH3 is 3. The lowest BCUT2D eigenvalue weighted by atomic mass is 10.0. The van der Waals surface area contributed by atoms with E-state index in [1.165, 1.54) is 0 Å². The molecule has 0 amide bonds. The summed E-state index contributed by atoms with van der Waals surface area (Å²) in [5.41, 5.74) is 1.84. The zero-order chi connectivity index (χ0) is 17.6. The van der Waals surface area contributed by atoms with Gasteiger partial charge in [0.05, 0.1) is 26.7 Å². The van der Waals surface area contributed by atoms with Crippen LogP contribution in [-0.2, 0) is 6.61 Å². The molecule has 25 heavy (non-hydrogen) atoms. The van der Waals surface area contributed by atoms with Crippen LogP contribution in [0.1, 0.15) is 5.56 Å². The molecule has 2 aromatic carbocycles. The van der Waals surface area contributed by atoms with E-state index in [1.54, 1.807) is 45.6 Å². The van der Waals surface area contributed by atoms with E-state index in [0.29, 0.717) is 34.0 Å². The molecule has 4 rings (SSSR count). The molecule has 0 N–H and O–H groups in total. The standard InChI is InChI=1S/C19H16O6/c1-21-11-4-5-12-14(7-11)25-18-13-8-16(23-3)15(22-2)6-10(13)9-24-19(18)17(12)20/h4-8H,9H2,1-3H3. The fourth-order valence-corrected chi connectivity index (χ4v) is 2.99. The third-order valence-electron chi connectivity index (χ3n) is 4.28. The molecule has 0 atom stereocenters. The van der Waals surface area contributed by atoms with Crippen molar-refractivity contribution in [3.05, 3.63) is 46.1 Å². The quantitative estimate of drug-likeness (QED) is 0.728. The molecule has 0 aliphatic carbocycles. The van der Waals surface area contributed by atoms with Crippen LogP contribution in [0.5, 0.6) is 23.0 Å². The Balaban J connectivity index is 2.02. The molecule has 3 aromatic rings. The normalized spacial score (nSPS) is 12.1. The molecule has 1 aliphatic rings. The first-order valence-corrected chi connectivity index (χ1v) is 7.69. The average molecular weight is 340 g/mol. The first-order chi connectivity index (χ1) is 12.2. The predicted molar refractivity (Wildman–Crippen MR) is 91.9 cm³/mol. The Kier molecular flexibility index (Phi) is 3.53. The molecule has 0 unspecified atom stereocenters. The molecule has 0 fully saturated rings. The number of hydrogen-bond donors (Lipinski definition) is 0. The predicted octanol–water partition coefficient (Wildman–Crippen LogP) is 3.38. The molecule has 0 bridgehead atoms. The van der Waals surface area contributed by atoms with Gasteiger partial charge in [-0.1, -0.05) is 0 Å². The van der Waals surface area contributed by atoms with Crippen molar-refractivity contribution in [3.63, 3.8) is 0 Å². The van der Waals surface area contributed by atoms with Crippen LogP contribution in [-0.4, -0.2) is 21.3 Å². The lowest BCUT2D eigenvalue weighted by molar-refractivity contribution is 0.288. The molecule has 0 saturated carbocycles. The third kappa shape index (κ3) is 2.29. The highest BCUT2D eigenvalue weighted by Gasteiger charge is 2.26. The Bertz CT molecular complexity index is 1030. The molecule has 1 aliphatic heterocycles. The van der Waals surface area contributed by atoms with E-state index in [9.17, 15) is 4.79 Å². The van der Waals surface area contributed by atoms with E-state index >= 15 is 0 Å². The van der Waals surface area contributed by atoms with Crippen molar-refractivity contribution in [1.82, 2.24) is 0 Å². The molecule has 1 aromatic heterocycles. The van der Waals surface area contributed by atoms with E-state index in [-0.39, 0.29) is 17.8 Å². The Labute approximate surface area is 143 Å². The van der Waals surface area contributed by atoms with Gasteiger partial charge >= 0.3 is 0 Å². The Morgan fingerprint density at radius 2 is 1.72 bits per heavy atom. The van der Waals surface area contributed by atoms with Gasteiger partial charge in [-0.2, -0.15) is 0 Å². The summed E-state index contributed by atoms with van der Waals surface area (Å²) in [5, 5.41) is 0.448. The van der Waals surface area contributed by atoms with Crippen molar-refractivity contribution in [2.45, 2.75) is 6.61 Å². The van der Waals surface area contributed by atoms with Gasteiger partial charge in [-0.05, 0) is 24.3 Å². The van der Waals surface area contributed by atoms with E-state index in [0.717, 1.165) is 11.1 Å². The molecular formula is C19H16O6. The largest absolute Gasteiger partial charge is 0.497 e. The molecule has 6 heteroatoms. The van der Waals surface area contributed by atoms with Crippen LogP contribution in [0.2, 0.25) is 0 Å². The number of hydrogen-bond acceptors (Lipinski definition) is 6. The summed E-state index contributed by atoms with van der Waals surface area (Å²) < 4.78 is 27.6. The van der Waals surface area contributed by atoms with Crippen molar-refractivity contribution < 1.29 is 23.4 Å². The average Bonchev–Trinajstić information content (AvgIpc) is 2.66. The van der Waals surface area contributed by atoms with Gasteiger partial charge in [-0.3, -0.25) is 4.79 Å². The Morgan fingerprint density at radius 3 is 2.44 bits per heavy atom. The SMILES string of the molecule is COc1ccc2c(=O)c3c(oc2c1)-c1cc(OC)c(OC)cc1CO3.